The Bertz CT molecular complexity index is 4230. The monoisotopic (exact) mass is 2190 g/mol. The maximum atomic E-state index is 13.2. The van der Waals surface area contributed by atoms with Crippen LogP contribution >= 0.6 is 0 Å². The summed E-state index contributed by atoms with van der Waals surface area (Å²) in [5.74, 6) is -10.3. The molecule has 0 aromatic rings. The lowest BCUT2D eigenvalue weighted by atomic mass is 9.88. The Kier molecular flexibility index (Phi) is 45.7. The van der Waals surface area contributed by atoms with Gasteiger partial charge >= 0.3 is 5.97 Å². The van der Waals surface area contributed by atoms with Crippen molar-refractivity contribution in [2.75, 3.05) is 85.9 Å². The summed E-state index contributed by atoms with van der Waals surface area (Å²) in [5, 5.41) is 374. The number of amides is 6. The van der Waals surface area contributed by atoms with E-state index in [0.717, 1.165) is 34.6 Å². The topological polar surface area (TPSA) is 1040 Å². The second kappa shape index (κ2) is 55.1. The number of aliphatic hydroxyl groups excluding tert-OH is 31. The van der Waals surface area contributed by atoms with Crippen molar-refractivity contribution in [3.63, 3.8) is 0 Å². The van der Waals surface area contributed by atoms with Gasteiger partial charge in [0.05, 0.1) is 104 Å². The van der Waals surface area contributed by atoms with Gasteiger partial charge in [0.1, 0.15) is 262 Å². The molecular formula is C83H138N6O61. The zero-order valence-corrected chi connectivity index (χ0v) is 80.5. The first kappa shape index (κ1) is 124. The van der Waals surface area contributed by atoms with Gasteiger partial charge in [-0.2, -0.15) is 0 Å². The zero-order chi connectivity index (χ0) is 111. The van der Waals surface area contributed by atoms with Crippen LogP contribution in [-0.2, 0) is 138 Å². The van der Waals surface area contributed by atoms with Gasteiger partial charge in [-0.1, -0.05) is 0 Å². The molecule has 866 valence electrons. The normalized spacial score (nSPS) is 46.3. The summed E-state index contributed by atoms with van der Waals surface area (Å²) in [6, 6.07) is -10.8. The molecule has 57 atom stereocenters. The molecule has 67 heteroatoms. The first-order valence-electron chi connectivity index (χ1n) is 47.5. The van der Waals surface area contributed by atoms with Gasteiger partial charge in [0, 0.05) is 41.0 Å². The second-order valence-corrected chi connectivity index (χ2v) is 37.4. The Labute approximate surface area is 848 Å². The molecule has 0 aliphatic carbocycles. The number of carboxylic acid groups (broad SMARTS) is 1. The molecule has 11 aliphatic heterocycles. The van der Waals surface area contributed by atoms with E-state index in [4.69, 9.17) is 104 Å². The lowest BCUT2D eigenvalue weighted by molar-refractivity contribution is -0.393. The smallest absolute Gasteiger partial charge is 0.364 e. The third kappa shape index (κ3) is 27.8. The van der Waals surface area contributed by atoms with Crippen LogP contribution in [-0.4, -0.2) is 640 Å². The molecule has 6 amide bonds. The third-order valence-electron chi connectivity index (χ3n) is 26.9. The minimum Gasteiger partial charge on any atom is -0.477 e. The number of aliphatic carboxylic acids is 1. The van der Waals surface area contributed by atoms with Gasteiger partial charge in [-0.3, -0.25) is 28.8 Å². The molecule has 0 bridgehead atoms. The molecule has 150 heavy (non-hydrogen) atoms. The van der Waals surface area contributed by atoms with Crippen molar-refractivity contribution in [3.8, 4) is 0 Å². The standard InChI is InChI=1S/C83H138N6O61/c1-21(103)85-39-27(108)6-83(82(127)128,149-66(39)44(110)28(109)8-91)150-71-49(115)33(13-96)134-81(60(71)126)143-64-37(17-100)138-75(43(53(64)119)89-25(5)107)147-69-47(113)31(11-94)132-79(58(69)124)141-62-35(15-98)136-73(41(51(62)117)87-23(3)105)145-67-45(111)29(9-92)130-77(56(67)122)140-61-34(14-97)135-72(40(50(61)116)86-22(2)104)146-68-46(112)30(10-93)131-78(57(68)123)142-63-36(16-99)137-74(42(52(63)118)88-24(4)106)148-70-48(114)32(12-95)133-80(59(70)125)144-65-38(18-101)139-76(55(121)54(65)120)129-19-26(7-90)84-20-102/h20,26-81,90-101,108-126H,6-19H2,1-5H3,(H,84,102)(H,85,103)(H,86,104)(H,87,105)(H,88,106)(H,89,107)(H,127,128)/t26-,27+,28-,29-,30-,31-,32-,33-,34-,35-,36-,37-,38-,39-,40-,41-,42-,43-,44-,45+,46+,47+,48+,49+,50-,51-,52-,53-,54-,55-,56-,57-,58-,59-,60-,61-,62-,63-,64-,65-,66-,67+,68+,69+,70+,71+,72+,73+,74+,75+,76-,77+,78+,79+,80+,81+,83+/m1/s1. The molecular weight excluding hydrogens is 2060 g/mol. The molecule has 0 aromatic carbocycles. The van der Waals surface area contributed by atoms with Gasteiger partial charge in [0.15, 0.2) is 62.9 Å². The van der Waals surface area contributed by atoms with E-state index in [9.17, 15) is 197 Å². The van der Waals surface area contributed by atoms with Gasteiger partial charge < -0.3 is 300 Å². The molecule has 38 N–H and O–H groups in total. The predicted octanol–water partition coefficient (Wildman–Crippen LogP) is -25.9. The number of carboxylic acids is 1. The lowest BCUT2D eigenvalue weighted by Gasteiger charge is -2.51. The van der Waals surface area contributed by atoms with Crippen LogP contribution < -0.4 is 31.9 Å². The Hall–Kier alpha value is -5.83. The maximum Gasteiger partial charge on any atom is 0.364 e. The summed E-state index contributed by atoms with van der Waals surface area (Å²) < 4.78 is 129. The SMILES string of the molecule is CC(=O)N[C@H]1[C@H](O[C@H]2[C@@H](O)[C@@H](CO)O[C@@H](O[C@H]3[C@H](O)[C@@H](O)[C@H](OC[C@@H](CO)NC=O)O[C@@H]3CO)[C@@H]2O)O[C@H](CO)[C@@H](O[C@@H]2O[C@H](CO)[C@H](O)[C@H](O[C@@H]3O[C@H](CO)[C@@H](O[C@@H]4O[C@H](CO)[C@H](O)[C@H](O[C@@H]5O[C@H](CO)[C@@H](O[C@@H]6O[C@H](CO)[C@H](O)[C@H](O[C@@H]7O[C@H](CO)[C@@H](O[C@@H]8O[C@H](CO)[C@H](O)[C@H](O[C@]9(C(=O)O)C[C@H](O)[C@@H](NC(C)=O)[C@H]([C@H](O)[C@H](O)CO)O9)[C@H]8O)[C@H](O)[C@H]7NC(C)=O)[C@H]6O)[C@H](O)[C@H]5NC(C)=O)[C@H]4O)[C@H](O)[C@H]3NC(C)=O)[C@H]2O)[C@@H]1O. The fourth-order valence-electron chi connectivity index (χ4n) is 19.2. The first-order chi connectivity index (χ1) is 71.1. The fourth-order valence-corrected chi connectivity index (χ4v) is 19.2. The van der Waals surface area contributed by atoms with E-state index in [1.54, 1.807) is 0 Å². The Balaban J connectivity index is 0.759. The molecule has 11 rings (SSSR count). The summed E-state index contributed by atoms with van der Waals surface area (Å²) in [4.78, 5) is 88.8. The fraction of sp³-hybridized carbons (Fsp3) is 0.916. The van der Waals surface area contributed by atoms with E-state index in [1.807, 2.05) is 0 Å². The third-order valence-corrected chi connectivity index (χ3v) is 26.9. The van der Waals surface area contributed by atoms with Crippen molar-refractivity contribution >= 4 is 41.9 Å². The van der Waals surface area contributed by atoms with Gasteiger partial charge in [0.25, 0.3) is 5.79 Å². The van der Waals surface area contributed by atoms with Crippen LogP contribution in [0.4, 0.5) is 0 Å². The van der Waals surface area contributed by atoms with E-state index < -0.39 is 477 Å². The van der Waals surface area contributed by atoms with E-state index in [1.165, 1.54) is 0 Å². The number of aliphatic hydroxyl groups is 31. The van der Waals surface area contributed by atoms with Crippen molar-refractivity contribution in [2.24, 2.45) is 0 Å². The minimum absolute atomic E-state index is 0.243. The van der Waals surface area contributed by atoms with Crippen LogP contribution in [0.3, 0.4) is 0 Å². The number of nitrogens with one attached hydrogen (secondary N) is 6. The Morgan fingerprint density at radius 2 is 0.540 bits per heavy atom. The number of carbonyl (C=O) groups is 7. The molecule has 67 nitrogen and oxygen atoms in total. The van der Waals surface area contributed by atoms with Crippen LogP contribution in [0, 0.1) is 0 Å². The number of ether oxygens (including phenoxy) is 22. The first-order valence-corrected chi connectivity index (χ1v) is 47.5. The van der Waals surface area contributed by atoms with Crippen LogP contribution in [0.1, 0.15) is 41.0 Å². The van der Waals surface area contributed by atoms with Crippen LogP contribution in [0.25, 0.3) is 0 Å². The largest absolute Gasteiger partial charge is 0.477 e. The number of hydrogen-bond donors (Lipinski definition) is 38. The highest BCUT2D eigenvalue weighted by Crippen LogP contribution is 2.44. The molecule has 0 spiro atoms. The van der Waals surface area contributed by atoms with Gasteiger partial charge in [-0.25, -0.2) is 4.79 Å². The summed E-state index contributed by atoms with van der Waals surface area (Å²) >= 11 is 0. The van der Waals surface area contributed by atoms with Gasteiger partial charge in [-0.15, -0.1) is 0 Å². The summed E-state index contributed by atoms with van der Waals surface area (Å²) in [5.41, 5.74) is 0. The Morgan fingerprint density at radius 3 is 0.787 bits per heavy atom. The minimum atomic E-state index is -3.29. The summed E-state index contributed by atoms with van der Waals surface area (Å²) in [6.45, 7) is -9.63. The van der Waals surface area contributed by atoms with Gasteiger partial charge in [-0.05, 0) is 0 Å². The molecule has 11 heterocycles. The molecule has 11 saturated heterocycles. The van der Waals surface area contributed by atoms with Gasteiger partial charge in [0.2, 0.25) is 35.9 Å². The van der Waals surface area contributed by atoms with E-state index in [-0.39, 0.29) is 6.41 Å². The molecule has 0 aromatic heterocycles. The van der Waals surface area contributed by atoms with Crippen molar-refractivity contribution in [1.82, 2.24) is 31.9 Å². The average molecular weight is 2200 g/mol. The highest BCUT2D eigenvalue weighted by Gasteiger charge is 2.66. The Morgan fingerprint density at radius 1 is 0.300 bits per heavy atom. The number of rotatable bonds is 45. The summed E-state index contributed by atoms with van der Waals surface area (Å²) in [7, 11) is 0. The quantitative estimate of drug-likeness (QED) is 0.0252. The van der Waals surface area contributed by atoms with E-state index in [0.29, 0.717) is 0 Å². The van der Waals surface area contributed by atoms with Crippen LogP contribution in [0.15, 0.2) is 0 Å². The average Bonchev–Trinajstić information content (AvgIpc) is 0.752. The molecule has 11 aliphatic rings. The number of carbonyl (C=O) groups excluding carboxylic acids is 6. The van der Waals surface area contributed by atoms with Crippen LogP contribution in [0.2, 0.25) is 0 Å². The second-order valence-electron chi connectivity index (χ2n) is 37.4. The summed E-state index contributed by atoms with van der Waals surface area (Å²) in [6.07, 6.45) is -109. The molecule has 0 unspecified atom stereocenters. The number of hydrogen-bond acceptors (Lipinski definition) is 60. The molecule has 0 saturated carbocycles. The highest BCUT2D eigenvalue weighted by atomic mass is 16.8. The highest BCUT2D eigenvalue weighted by molar-refractivity contribution is 5.77. The van der Waals surface area contributed by atoms with Crippen molar-refractivity contribution < 1.29 is 301 Å². The van der Waals surface area contributed by atoms with Crippen molar-refractivity contribution in [1.29, 1.82) is 0 Å². The van der Waals surface area contributed by atoms with Crippen molar-refractivity contribution in [2.45, 2.75) is 390 Å². The maximum absolute atomic E-state index is 13.2. The van der Waals surface area contributed by atoms with E-state index in [2.05, 4.69) is 31.9 Å². The lowest BCUT2D eigenvalue weighted by Crippen LogP contribution is -2.71. The zero-order valence-electron chi connectivity index (χ0n) is 80.5. The van der Waals surface area contributed by atoms with E-state index >= 15 is 0 Å². The van der Waals surface area contributed by atoms with Crippen molar-refractivity contribution in [3.05, 3.63) is 0 Å². The van der Waals surface area contributed by atoms with Crippen LogP contribution in [0.5, 0.6) is 0 Å². The predicted molar refractivity (Wildman–Crippen MR) is 461 cm³/mol. The molecule has 0 radical (unpaired) electrons. The molecule has 11 fully saturated rings.